The molecule has 3 aromatic rings. The van der Waals surface area contributed by atoms with E-state index in [4.69, 9.17) is 0 Å². The average Bonchev–Trinajstić information content (AvgIpc) is 2.77. The number of hydrogen-bond acceptors (Lipinski definition) is 3. The van der Waals surface area contributed by atoms with E-state index in [0.717, 1.165) is 22.3 Å². The van der Waals surface area contributed by atoms with E-state index in [0.29, 0.717) is 5.65 Å². The van der Waals surface area contributed by atoms with Crippen molar-refractivity contribution in [3.05, 3.63) is 46.8 Å². The summed E-state index contributed by atoms with van der Waals surface area (Å²) < 4.78 is 0. The molecule has 5 nitrogen and oxygen atoms in total. The molecular weight excluding hydrogens is 240 g/mol. The SMILES string of the molecule is CC(C)c1nc2[nH]c(=O)[nH]c2cc1-c1ccncc1. The summed E-state index contributed by atoms with van der Waals surface area (Å²) in [5.41, 5.74) is 4.14. The summed E-state index contributed by atoms with van der Waals surface area (Å²) >= 11 is 0. The number of fused-ring (bicyclic) bond motifs is 1. The van der Waals surface area contributed by atoms with E-state index in [1.54, 1.807) is 12.4 Å². The predicted molar refractivity (Wildman–Crippen MR) is 74.0 cm³/mol. The maximum atomic E-state index is 11.4. The van der Waals surface area contributed by atoms with Gasteiger partial charge in [0.15, 0.2) is 5.65 Å². The van der Waals surface area contributed by atoms with Gasteiger partial charge in [0.25, 0.3) is 0 Å². The topological polar surface area (TPSA) is 74.4 Å². The van der Waals surface area contributed by atoms with Gasteiger partial charge in [-0.05, 0) is 29.7 Å². The molecule has 0 amide bonds. The highest BCUT2D eigenvalue weighted by Gasteiger charge is 2.13. The summed E-state index contributed by atoms with van der Waals surface area (Å²) in [7, 11) is 0. The van der Waals surface area contributed by atoms with Gasteiger partial charge in [0.1, 0.15) is 0 Å². The van der Waals surface area contributed by atoms with E-state index >= 15 is 0 Å². The van der Waals surface area contributed by atoms with E-state index < -0.39 is 0 Å². The Morgan fingerprint density at radius 2 is 1.89 bits per heavy atom. The highest BCUT2D eigenvalue weighted by Crippen LogP contribution is 2.29. The van der Waals surface area contributed by atoms with Crippen molar-refractivity contribution in [1.82, 2.24) is 19.9 Å². The second-order valence-electron chi connectivity index (χ2n) is 4.79. The summed E-state index contributed by atoms with van der Waals surface area (Å²) in [6.07, 6.45) is 3.51. The zero-order valence-corrected chi connectivity index (χ0v) is 10.8. The number of nitrogens with one attached hydrogen (secondary N) is 2. The van der Waals surface area contributed by atoms with Crippen molar-refractivity contribution in [2.75, 3.05) is 0 Å². The lowest BCUT2D eigenvalue weighted by Crippen LogP contribution is -2.00. The molecule has 3 aromatic heterocycles. The van der Waals surface area contributed by atoms with E-state index in [-0.39, 0.29) is 11.6 Å². The van der Waals surface area contributed by atoms with E-state index in [1.165, 1.54) is 0 Å². The Morgan fingerprint density at radius 1 is 1.16 bits per heavy atom. The molecule has 2 N–H and O–H groups in total. The number of aromatic nitrogens is 4. The second-order valence-corrected chi connectivity index (χ2v) is 4.79. The monoisotopic (exact) mass is 254 g/mol. The van der Waals surface area contributed by atoms with Gasteiger partial charge >= 0.3 is 5.69 Å². The van der Waals surface area contributed by atoms with Crippen LogP contribution in [-0.4, -0.2) is 19.9 Å². The fourth-order valence-corrected chi connectivity index (χ4v) is 2.18. The van der Waals surface area contributed by atoms with Crippen molar-refractivity contribution in [3.8, 4) is 11.1 Å². The zero-order chi connectivity index (χ0) is 13.4. The lowest BCUT2D eigenvalue weighted by Gasteiger charge is -2.11. The van der Waals surface area contributed by atoms with Crippen LogP contribution in [0.2, 0.25) is 0 Å². The Balaban J connectivity index is 2.32. The number of rotatable bonds is 2. The van der Waals surface area contributed by atoms with Crippen molar-refractivity contribution < 1.29 is 0 Å². The molecule has 0 aromatic carbocycles. The molecule has 0 atom stereocenters. The number of pyridine rings is 2. The van der Waals surface area contributed by atoms with Gasteiger partial charge in [-0.2, -0.15) is 0 Å². The lowest BCUT2D eigenvalue weighted by atomic mass is 9.98. The van der Waals surface area contributed by atoms with Crippen LogP contribution < -0.4 is 5.69 Å². The molecule has 0 aliphatic rings. The summed E-state index contributed by atoms with van der Waals surface area (Å²) in [6.45, 7) is 4.17. The van der Waals surface area contributed by atoms with Crippen molar-refractivity contribution in [2.24, 2.45) is 0 Å². The highest BCUT2D eigenvalue weighted by atomic mass is 16.1. The molecular formula is C14H14N4O. The van der Waals surface area contributed by atoms with Crippen LogP contribution in [0, 0.1) is 0 Å². The van der Waals surface area contributed by atoms with Crippen LogP contribution in [0.15, 0.2) is 35.4 Å². The van der Waals surface area contributed by atoms with Gasteiger partial charge in [0, 0.05) is 18.0 Å². The van der Waals surface area contributed by atoms with E-state index in [2.05, 4.69) is 33.8 Å². The minimum absolute atomic E-state index is 0.232. The maximum Gasteiger partial charge on any atom is 0.325 e. The predicted octanol–water partition coefficient (Wildman–Crippen LogP) is 2.44. The Bertz CT molecular complexity index is 771. The van der Waals surface area contributed by atoms with Gasteiger partial charge in [-0.1, -0.05) is 13.8 Å². The molecule has 3 rings (SSSR count). The third kappa shape index (κ3) is 2.03. The third-order valence-electron chi connectivity index (χ3n) is 3.07. The van der Waals surface area contributed by atoms with Gasteiger partial charge in [0.05, 0.1) is 11.2 Å². The normalized spacial score (nSPS) is 11.3. The number of imidazole rings is 1. The van der Waals surface area contributed by atoms with Crippen molar-refractivity contribution >= 4 is 11.2 Å². The van der Waals surface area contributed by atoms with Crippen LogP contribution in [-0.2, 0) is 0 Å². The summed E-state index contributed by atoms with van der Waals surface area (Å²) in [5.74, 6) is 0.269. The fourth-order valence-electron chi connectivity index (χ4n) is 2.18. The van der Waals surface area contributed by atoms with Gasteiger partial charge in [-0.25, -0.2) is 9.78 Å². The molecule has 5 heteroatoms. The largest absolute Gasteiger partial charge is 0.325 e. The molecule has 0 saturated carbocycles. The molecule has 0 aliphatic carbocycles. The van der Waals surface area contributed by atoms with Gasteiger partial charge in [-0.15, -0.1) is 0 Å². The first-order valence-corrected chi connectivity index (χ1v) is 6.18. The Labute approximate surface area is 109 Å². The number of H-pyrrole nitrogens is 2. The van der Waals surface area contributed by atoms with Crippen molar-refractivity contribution in [1.29, 1.82) is 0 Å². The molecule has 96 valence electrons. The first kappa shape index (κ1) is 11.6. The van der Waals surface area contributed by atoms with Crippen molar-refractivity contribution in [2.45, 2.75) is 19.8 Å². The number of aromatic amines is 2. The van der Waals surface area contributed by atoms with Crippen LogP contribution in [0.5, 0.6) is 0 Å². The second kappa shape index (κ2) is 4.35. The Kier molecular flexibility index (Phi) is 2.67. The first-order chi connectivity index (χ1) is 9.15. The molecule has 0 spiro atoms. The molecule has 0 unspecified atom stereocenters. The average molecular weight is 254 g/mol. The lowest BCUT2D eigenvalue weighted by molar-refractivity contribution is 0.831. The van der Waals surface area contributed by atoms with E-state index in [1.807, 2.05) is 18.2 Å². The fraction of sp³-hybridized carbons (Fsp3) is 0.214. The van der Waals surface area contributed by atoms with Crippen LogP contribution in [0.1, 0.15) is 25.5 Å². The standard InChI is InChI=1S/C14H14N4O/c1-8(2)12-10(9-3-5-15-6-4-9)7-11-13(17-12)18-14(19)16-11/h3-8H,1-2H3,(H2,16,17,18,19). The van der Waals surface area contributed by atoms with Crippen LogP contribution in [0.3, 0.4) is 0 Å². The summed E-state index contributed by atoms with van der Waals surface area (Å²) in [5, 5.41) is 0. The van der Waals surface area contributed by atoms with Crippen LogP contribution in [0.25, 0.3) is 22.3 Å². The number of hydrogen-bond donors (Lipinski definition) is 2. The first-order valence-electron chi connectivity index (χ1n) is 6.18. The summed E-state index contributed by atoms with van der Waals surface area (Å²) in [4.78, 5) is 25.4. The molecule has 0 saturated heterocycles. The highest BCUT2D eigenvalue weighted by molar-refractivity contribution is 5.79. The smallest absolute Gasteiger partial charge is 0.304 e. The number of nitrogens with zero attached hydrogens (tertiary/aromatic N) is 2. The quantitative estimate of drug-likeness (QED) is 0.737. The minimum Gasteiger partial charge on any atom is -0.304 e. The molecule has 19 heavy (non-hydrogen) atoms. The van der Waals surface area contributed by atoms with Crippen molar-refractivity contribution in [3.63, 3.8) is 0 Å². The van der Waals surface area contributed by atoms with E-state index in [9.17, 15) is 4.79 Å². The zero-order valence-electron chi connectivity index (χ0n) is 10.8. The van der Waals surface area contributed by atoms with Gasteiger partial charge in [0.2, 0.25) is 0 Å². The van der Waals surface area contributed by atoms with Gasteiger partial charge in [-0.3, -0.25) is 9.97 Å². The summed E-state index contributed by atoms with van der Waals surface area (Å²) in [6, 6.07) is 5.85. The molecule has 3 heterocycles. The Morgan fingerprint density at radius 3 is 2.58 bits per heavy atom. The molecule has 0 fully saturated rings. The Hall–Kier alpha value is -2.43. The van der Waals surface area contributed by atoms with Gasteiger partial charge < -0.3 is 4.98 Å². The molecule has 0 aliphatic heterocycles. The van der Waals surface area contributed by atoms with Crippen LogP contribution >= 0.6 is 0 Å². The van der Waals surface area contributed by atoms with Crippen LogP contribution in [0.4, 0.5) is 0 Å². The molecule has 0 bridgehead atoms. The maximum absolute atomic E-state index is 11.4. The third-order valence-corrected chi connectivity index (χ3v) is 3.07. The minimum atomic E-state index is -0.232. The molecule has 0 radical (unpaired) electrons.